The summed E-state index contributed by atoms with van der Waals surface area (Å²) in [7, 11) is 0. The molecule has 0 amide bonds. The molecule has 0 saturated heterocycles. The third kappa shape index (κ3) is 5.98. The Kier molecular flexibility index (Phi) is 8.96. The average Bonchev–Trinajstić information content (AvgIpc) is 2.90. The number of rotatable bonds is 10. The van der Waals surface area contributed by atoms with E-state index >= 15 is 0 Å². The van der Waals surface area contributed by atoms with Crippen molar-refractivity contribution in [3.8, 4) is 11.1 Å². The summed E-state index contributed by atoms with van der Waals surface area (Å²) < 4.78 is 28.5. The monoisotopic (exact) mass is 517 g/mol. The molecule has 202 valence electrons. The average molecular weight is 518 g/mol. The zero-order valence-corrected chi connectivity index (χ0v) is 23.0. The number of nitrogens with one attached hydrogen (secondary N) is 1. The first-order valence-corrected chi connectivity index (χ1v) is 14.1. The van der Waals surface area contributed by atoms with Gasteiger partial charge in [-0.15, -0.1) is 0 Å². The van der Waals surface area contributed by atoms with E-state index in [4.69, 9.17) is 16.1 Å². The van der Waals surface area contributed by atoms with E-state index in [9.17, 15) is 8.78 Å². The number of pyridine rings is 1. The number of nitrogen functional groups attached to an aromatic ring is 1. The first-order valence-electron chi connectivity index (χ1n) is 14.1. The summed E-state index contributed by atoms with van der Waals surface area (Å²) in [5, 5.41) is 9.80. The molecule has 0 aliphatic heterocycles. The van der Waals surface area contributed by atoms with Crippen molar-refractivity contribution in [2.24, 2.45) is 11.8 Å². The molecule has 1 aliphatic carbocycles. The smallest absolute Gasteiger partial charge is 0.159 e. The van der Waals surface area contributed by atoms with E-state index in [1.54, 1.807) is 6.07 Å². The molecule has 0 bridgehead atoms. The van der Waals surface area contributed by atoms with Gasteiger partial charge < -0.3 is 11.1 Å². The summed E-state index contributed by atoms with van der Waals surface area (Å²) in [6.45, 7) is 10.7. The summed E-state index contributed by atoms with van der Waals surface area (Å²) in [5.41, 5.74) is 12.2. The van der Waals surface area contributed by atoms with Gasteiger partial charge in [0.15, 0.2) is 11.6 Å². The van der Waals surface area contributed by atoms with Gasteiger partial charge in [0.05, 0.1) is 5.69 Å². The number of allylic oxidation sites excluding steroid dienone is 1. The van der Waals surface area contributed by atoms with E-state index in [0.717, 1.165) is 79.1 Å². The van der Waals surface area contributed by atoms with Crippen molar-refractivity contribution in [3.63, 3.8) is 0 Å². The normalized spacial score (nSPS) is 15.9. The van der Waals surface area contributed by atoms with Crippen molar-refractivity contribution in [1.82, 2.24) is 4.98 Å². The quantitative estimate of drug-likeness (QED) is 0.160. The molecule has 1 heterocycles. The number of fused-ring (bicyclic) bond motifs is 1. The van der Waals surface area contributed by atoms with Crippen molar-refractivity contribution >= 4 is 22.7 Å². The van der Waals surface area contributed by atoms with Crippen LogP contribution in [0.4, 0.5) is 14.5 Å². The fourth-order valence-corrected chi connectivity index (χ4v) is 6.07. The number of hydrogen-bond donors (Lipinski definition) is 2. The van der Waals surface area contributed by atoms with Crippen LogP contribution in [0, 0.1) is 28.9 Å². The maximum absolute atomic E-state index is 14.5. The second kappa shape index (κ2) is 12.2. The minimum Gasteiger partial charge on any atom is -0.398 e. The highest BCUT2D eigenvalue weighted by atomic mass is 19.2. The van der Waals surface area contributed by atoms with Crippen molar-refractivity contribution in [2.45, 2.75) is 84.5 Å². The van der Waals surface area contributed by atoms with E-state index in [0.29, 0.717) is 28.7 Å². The standard InChI is InChI=1S/C33H41F2N3/c1-5-9-22(14-21(4)20(2)3)15-31-26-18-30(37)25(19-36)16-27(26)32(24-12-13-28(34)29(35)17-24)33(38-31)23-10-7-6-8-11-23/h12-13,16-19,21-23,36H,2,5-11,14-15,37H2,1,3-4H3. The molecule has 2 unspecified atom stereocenters. The van der Waals surface area contributed by atoms with Crippen LogP contribution in [0.5, 0.6) is 0 Å². The lowest BCUT2D eigenvalue weighted by atomic mass is 9.80. The molecule has 2 atom stereocenters. The number of nitrogens with zero attached hydrogens (tertiary/aromatic N) is 1. The highest BCUT2D eigenvalue weighted by Gasteiger charge is 2.26. The van der Waals surface area contributed by atoms with Gasteiger partial charge in [-0.05, 0) is 79.7 Å². The highest BCUT2D eigenvalue weighted by molar-refractivity contribution is 6.04. The van der Waals surface area contributed by atoms with E-state index in [-0.39, 0.29) is 5.92 Å². The Morgan fingerprint density at radius 2 is 1.87 bits per heavy atom. The van der Waals surface area contributed by atoms with Gasteiger partial charge in [-0.3, -0.25) is 4.98 Å². The van der Waals surface area contributed by atoms with Crippen LogP contribution in [0.25, 0.3) is 21.9 Å². The van der Waals surface area contributed by atoms with Gasteiger partial charge in [-0.1, -0.05) is 64.2 Å². The topological polar surface area (TPSA) is 62.8 Å². The third-order valence-electron chi connectivity index (χ3n) is 8.38. The molecule has 1 aliphatic rings. The molecule has 3 nitrogen and oxygen atoms in total. The number of anilines is 1. The van der Waals surface area contributed by atoms with E-state index in [1.165, 1.54) is 30.3 Å². The molecule has 1 saturated carbocycles. The van der Waals surface area contributed by atoms with E-state index < -0.39 is 11.6 Å². The summed E-state index contributed by atoms with van der Waals surface area (Å²) in [5.74, 6) is -0.602. The number of nitrogens with two attached hydrogens (primary N) is 1. The van der Waals surface area contributed by atoms with Crippen molar-refractivity contribution in [3.05, 3.63) is 71.1 Å². The molecule has 1 fully saturated rings. The molecule has 5 heteroatoms. The fraction of sp³-hybridized carbons (Fsp3) is 0.455. The summed E-state index contributed by atoms with van der Waals surface area (Å²) in [4.78, 5) is 5.37. The minimum absolute atomic E-state index is 0.259. The predicted octanol–water partition coefficient (Wildman–Crippen LogP) is 9.37. The molecular weight excluding hydrogens is 476 g/mol. The summed E-state index contributed by atoms with van der Waals surface area (Å²) in [6, 6.07) is 8.00. The van der Waals surface area contributed by atoms with Crippen LogP contribution in [0.2, 0.25) is 0 Å². The summed E-state index contributed by atoms with van der Waals surface area (Å²) in [6.07, 6.45) is 10.9. The van der Waals surface area contributed by atoms with E-state index in [2.05, 4.69) is 27.4 Å². The van der Waals surface area contributed by atoms with Crippen LogP contribution < -0.4 is 5.73 Å². The maximum atomic E-state index is 14.5. The number of aromatic nitrogens is 1. The molecule has 3 aromatic rings. The maximum Gasteiger partial charge on any atom is 0.159 e. The first kappa shape index (κ1) is 27.9. The van der Waals surface area contributed by atoms with Gasteiger partial charge in [0.25, 0.3) is 0 Å². The zero-order valence-electron chi connectivity index (χ0n) is 23.0. The lowest BCUT2D eigenvalue weighted by molar-refractivity contribution is 0.387. The zero-order chi connectivity index (χ0) is 27.4. The van der Waals surface area contributed by atoms with Gasteiger partial charge in [0.1, 0.15) is 0 Å². The van der Waals surface area contributed by atoms with Gasteiger partial charge in [0.2, 0.25) is 0 Å². The Morgan fingerprint density at radius 1 is 1.13 bits per heavy atom. The van der Waals surface area contributed by atoms with Crippen LogP contribution >= 0.6 is 0 Å². The van der Waals surface area contributed by atoms with Gasteiger partial charge in [-0.2, -0.15) is 0 Å². The third-order valence-corrected chi connectivity index (χ3v) is 8.38. The Morgan fingerprint density at radius 3 is 2.50 bits per heavy atom. The molecule has 1 aromatic heterocycles. The number of hydrogen-bond acceptors (Lipinski definition) is 3. The van der Waals surface area contributed by atoms with Crippen molar-refractivity contribution in [2.75, 3.05) is 5.73 Å². The van der Waals surface area contributed by atoms with Crippen LogP contribution in [0.1, 0.15) is 95.0 Å². The van der Waals surface area contributed by atoms with Crippen molar-refractivity contribution < 1.29 is 8.78 Å². The Bertz CT molecular complexity index is 1320. The predicted molar refractivity (Wildman–Crippen MR) is 156 cm³/mol. The molecule has 2 aromatic carbocycles. The molecule has 0 radical (unpaired) electrons. The number of halogens is 2. The molecular formula is C33H41F2N3. The SMILES string of the molecule is C=C(C)C(C)CC(CCC)Cc1nc(C2CCCCC2)c(-c2ccc(F)c(F)c2)c2cc(C=N)c(N)cc12. The van der Waals surface area contributed by atoms with Gasteiger partial charge in [-0.25, -0.2) is 8.78 Å². The largest absolute Gasteiger partial charge is 0.398 e. The van der Waals surface area contributed by atoms with Crippen LogP contribution in [0.15, 0.2) is 42.5 Å². The molecule has 0 spiro atoms. The van der Waals surface area contributed by atoms with Crippen LogP contribution in [-0.4, -0.2) is 11.2 Å². The Hall–Kier alpha value is -3.08. The second-order valence-corrected chi connectivity index (χ2v) is 11.3. The minimum atomic E-state index is -0.867. The second-order valence-electron chi connectivity index (χ2n) is 11.3. The molecule has 3 N–H and O–H groups in total. The lowest BCUT2D eigenvalue weighted by Gasteiger charge is -2.27. The molecule has 4 rings (SSSR count). The first-order chi connectivity index (χ1) is 18.2. The fourth-order valence-electron chi connectivity index (χ4n) is 6.07. The Balaban J connectivity index is 1.98. The van der Waals surface area contributed by atoms with Gasteiger partial charge in [0, 0.05) is 40.0 Å². The number of benzene rings is 2. The highest BCUT2D eigenvalue weighted by Crippen LogP contribution is 2.43. The Labute approximate surface area is 226 Å². The van der Waals surface area contributed by atoms with Crippen LogP contribution in [0.3, 0.4) is 0 Å². The van der Waals surface area contributed by atoms with Gasteiger partial charge >= 0.3 is 0 Å². The molecule has 38 heavy (non-hydrogen) atoms. The lowest BCUT2D eigenvalue weighted by Crippen LogP contribution is -2.15. The summed E-state index contributed by atoms with van der Waals surface area (Å²) >= 11 is 0. The van der Waals surface area contributed by atoms with Crippen LogP contribution in [-0.2, 0) is 6.42 Å². The van der Waals surface area contributed by atoms with E-state index in [1.807, 2.05) is 12.1 Å². The van der Waals surface area contributed by atoms with Crippen molar-refractivity contribution in [1.29, 1.82) is 5.41 Å².